The van der Waals surface area contributed by atoms with Crippen molar-refractivity contribution in [3.8, 4) is 0 Å². The van der Waals surface area contributed by atoms with E-state index in [1.165, 1.54) is 21.7 Å². The predicted molar refractivity (Wildman–Crippen MR) is 82.9 cm³/mol. The molecule has 104 valence electrons. The van der Waals surface area contributed by atoms with E-state index in [2.05, 4.69) is 48.4 Å². The standard InChI is InChI=1S/C16H19N3S/c1-11-4-3-5-13(8-11)20-10-16-18-12(2)14-6-7-17-9-15(14)19-16/h3-5,8,17H,6-7,9-10H2,1-2H3. The van der Waals surface area contributed by atoms with E-state index in [1.54, 1.807) is 11.8 Å². The molecule has 20 heavy (non-hydrogen) atoms. The van der Waals surface area contributed by atoms with E-state index in [4.69, 9.17) is 4.98 Å². The SMILES string of the molecule is Cc1cccc(SCc2nc(C)c3c(n2)CNCC3)c1. The largest absolute Gasteiger partial charge is 0.311 e. The lowest BCUT2D eigenvalue weighted by molar-refractivity contribution is 0.614. The Morgan fingerprint density at radius 3 is 3.00 bits per heavy atom. The van der Waals surface area contributed by atoms with Gasteiger partial charge < -0.3 is 5.32 Å². The lowest BCUT2D eigenvalue weighted by atomic mass is 10.1. The van der Waals surface area contributed by atoms with Crippen molar-refractivity contribution < 1.29 is 0 Å². The van der Waals surface area contributed by atoms with Crippen LogP contribution in [0.4, 0.5) is 0 Å². The van der Waals surface area contributed by atoms with Gasteiger partial charge in [0.05, 0.1) is 11.4 Å². The zero-order valence-electron chi connectivity index (χ0n) is 11.9. The summed E-state index contributed by atoms with van der Waals surface area (Å²) in [6, 6.07) is 8.57. The number of benzene rings is 1. The first-order valence-corrected chi connectivity index (χ1v) is 7.96. The number of thioether (sulfide) groups is 1. The van der Waals surface area contributed by atoms with E-state index in [0.717, 1.165) is 36.8 Å². The van der Waals surface area contributed by atoms with Crippen LogP contribution in [0.2, 0.25) is 0 Å². The monoisotopic (exact) mass is 285 g/mol. The summed E-state index contributed by atoms with van der Waals surface area (Å²) in [6.45, 7) is 6.14. The van der Waals surface area contributed by atoms with Gasteiger partial charge in [-0.05, 0) is 44.5 Å². The number of fused-ring (bicyclic) bond motifs is 1. The van der Waals surface area contributed by atoms with Crippen molar-refractivity contribution in [2.24, 2.45) is 0 Å². The highest BCUT2D eigenvalue weighted by Gasteiger charge is 2.14. The Hall–Kier alpha value is -1.39. The molecule has 0 unspecified atom stereocenters. The fourth-order valence-corrected chi connectivity index (χ4v) is 3.40. The Balaban J connectivity index is 1.76. The number of hydrogen-bond acceptors (Lipinski definition) is 4. The molecule has 1 aliphatic heterocycles. The van der Waals surface area contributed by atoms with E-state index in [1.807, 2.05) is 0 Å². The van der Waals surface area contributed by atoms with Gasteiger partial charge in [-0.3, -0.25) is 0 Å². The Morgan fingerprint density at radius 2 is 2.15 bits per heavy atom. The maximum absolute atomic E-state index is 4.72. The van der Waals surface area contributed by atoms with E-state index >= 15 is 0 Å². The van der Waals surface area contributed by atoms with Gasteiger partial charge in [0.25, 0.3) is 0 Å². The molecule has 4 heteroatoms. The minimum absolute atomic E-state index is 0.831. The molecule has 1 aliphatic rings. The molecule has 1 aromatic carbocycles. The third-order valence-corrected chi connectivity index (χ3v) is 4.54. The number of aryl methyl sites for hydroxylation is 2. The van der Waals surface area contributed by atoms with Crippen molar-refractivity contribution in [1.29, 1.82) is 0 Å². The molecule has 0 amide bonds. The first-order valence-electron chi connectivity index (χ1n) is 6.98. The maximum atomic E-state index is 4.72. The molecule has 0 fully saturated rings. The van der Waals surface area contributed by atoms with Gasteiger partial charge in [0.1, 0.15) is 5.82 Å². The summed E-state index contributed by atoms with van der Waals surface area (Å²) in [6.07, 6.45) is 1.05. The fraction of sp³-hybridized carbons (Fsp3) is 0.375. The van der Waals surface area contributed by atoms with Crippen LogP contribution in [0.3, 0.4) is 0 Å². The highest BCUT2D eigenvalue weighted by Crippen LogP contribution is 2.23. The van der Waals surface area contributed by atoms with Gasteiger partial charge >= 0.3 is 0 Å². The molecule has 0 saturated heterocycles. The van der Waals surface area contributed by atoms with Crippen molar-refractivity contribution >= 4 is 11.8 Å². The highest BCUT2D eigenvalue weighted by molar-refractivity contribution is 7.98. The first-order chi connectivity index (χ1) is 9.72. The van der Waals surface area contributed by atoms with Crippen LogP contribution in [-0.2, 0) is 18.7 Å². The lowest BCUT2D eigenvalue weighted by Crippen LogP contribution is -2.26. The van der Waals surface area contributed by atoms with Crippen LogP contribution in [0.15, 0.2) is 29.2 Å². The van der Waals surface area contributed by atoms with Crippen molar-refractivity contribution in [1.82, 2.24) is 15.3 Å². The van der Waals surface area contributed by atoms with Crippen molar-refractivity contribution in [3.05, 3.63) is 52.6 Å². The average Bonchev–Trinajstić information content (AvgIpc) is 2.45. The van der Waals surface area contributed by atoms with Crippen molar-refractivity contribution in [3.63, 3.8) is 0 Å². The summed E-state index contributed by atoms with van der Waals surface area (Å²) in [7, 11) is 0. The van der Waals surface area contributed by atoms with E-state index in [-0.39, 0.29) is 0 Å². The van der Waals surface area contributed by atoms with Crippen LogP contribution in [0.1, 0.15) is 28.3 Å². The summed E-state index contributed by atoms with van der Waals surface area (Å²) in [5.41, 5.74) is 4.97. The predicted octanol–water partition coefficient (Wildman–Crippen LogP) is 3.03. The number of nitrogens with one attached hydrogen (secondary N) is 1. The zero-order valence-corrected chi connectivity index (χ0v) is 12.8. The molecule has 3 nitrogen and oxygen atoms in total. The van der Waals surface area contributed by atoms with Gasteiger partial charge in [0, 0.05) is 17.1 Å². The molecule has 2 heterocycles. The van der Waals surface area contributed by atoms with Gasteiger partial charge in [0.15, 0.2) is 0 Å². The number of hydrogen-bond donors (Lipinski definition) is 1. The summed E-state index contributed by atoms with van der Waals surface area (Å²) >= 11 is 1.80. The third-order valence-electron chi connectivity index (χ3n) is 3.55. The number of rotatable bonds is 3. The average molecular weight is 285 g/mol. The topological polar surface area (TPSA) is 37.8 Å². The van der Waals surface area contributed by atoms with E-state index in [9.17, 15) is 0 Å². The van der Waals surface area contributed by atoms with Crippen molar-refractivity contribution in [2.75, 3.05) is 6.54 Å². The summed E-state index contributed by atoms with van der Waals surface area (Å²) in [5.74, 6) is 1.77. The normalized spacial score (nSPS) is 14.1. The fourth-order valence-electron chi connectivity index (χ4n) is 2.53. The van der Waals surface area contributed by atoms with Crippen LogP contribution in [0.25, 0.3) is 0 Å². The summed E-state index contributed by atoms with van der Waals surface area (Å²) in [4.78, 5) is 10.7. The molecular weight excluding hydrogens is 266 g/mol. The lowest BCUT2D eigenvalue weighted by Gasteiger charge is -2.18. The van der Waals surface area contributed by atoms with Gasteiger partial charge in [-0.15, -0.1) is 11.8 Å². The molecule has 0 atom stereocenters. The third kappa shape index (κ3) is 3.02. The van der Waals surface area contributed by atoms with Gasteiger partial charge in [-0.25, -0.2) is 9.97 Å². The Bertz CT molecular complexity index is 625. The Labute approximate surface area is 124 Å². The van der Waals surface area contributed by atoms with Gasteiger partial charge in [-0.2, -0.15) is 0 Å². The molecule has 3 rings (SSSR count). The molecule has 0 saturated carbocycles. The van der Waals surface area contributed by atoms with E-state index < -0.39 is 0 Å². The Morgan fingerprint density at radius 1 is 1.25 bits per heavy atom. The van der Waals surface area contributed by atoms with Gasteiger partial charge in [-0.1, -0.05) is 17.7 Å². The second-order valence-corrected chi connectivity index (χ2v) is 6.23. The zero-order chi connectivity index (χ0) is 13.9. The second-order valence-electron chi connectivity index (χ2n) is 5.18. The molecule has 2 aromatic rings. The number of aromatic nitrogens is 2. The molecule has 0 bridgehead atoms. The summed E-state index contributed by atoms with van der Waals surface area (Å²) in [5, 5.41) is 3.38. The quantitative estimate of drug-likeness (QED) is 0.880. The van der Waals surface area contributed by atoms with Crippen LogP contribution in [0.5, 0.6) is 0 Å². The smallest absolute Gasteiger partial charge is 0.139 e. The van der Waals surface area contributed by atoms with E-state index in [0.29, 0.717) is 0 Å². The molecule has 1 aromatic heterocycles. The van der Waals surface area contributed by atoms with Crippen LogP contribution >= 0.6 is 11.8 Å². The maximum Gasteiger partial charge on any atom is 0.139 e. The molecule has 0 aliphatic carbocycles. The first kappa shape index (κ1) is 13.6. The van der Waals surface area contributed by atoms with Crippen LogP contribution in [-0.4, -0.2) is 16.5 Å². The van der Waals surface area contributed by atoms with Crippen LogP contribution in [0, 0.1) is 13.8 Å². The van der Waals surface area contributed by atoms with Crippen LogP contribution < -0.4 is 5.32 Å². The molecule has 0 radical (unpaired) electrons. The second kappa shape index (κ2) is 5.94. The molecule has 0 spiro atoms. The number of nitrogens with zero attached hydrogens (tertiary/aromatic N) is 2. The minimum Gasteiger partial charge on any atom is -0.311 e. The highest BCUT2D eigenvalue weighted by atomic mass is 32.2. The molecular formula is C16H19N3S. The Kier molecular flexibility index (Phi) is 4.03. The molecule has 1 N–H and O–H groups in total. The minimum atomic E-state index is 0.831. The summed E-state index contributed by atoms with van der Waals surface area (Å²) < 4.78 is 0. The van der Waals surface area contributed by atoms with Gasteiger partial charge in [0.2, 0.25) is 0 Å². The van der Waals surface area contributed by atoms with Crippen molar-refractivity contribution in [2.45, 2.75) is 37.5 Å².